The molecule has 0 radical (unpaired) electrons. The molecule has 4 heteroatoms. The van der Waals surface area contributed by atoms with Gasteiger partial charge < -0.3 is 4.74 Å². The monoisotopic (exact) mass is 306 g/mol. The topological polar surface area (TPSA) is 50.7 Å². The number of fused-ring (bicyclic) bond motifs is 1. The minimum atomic E-state index is 0.537. The van der Waals surface area contributed by atoms with Gasteiger partial charge in [0, 0.05) is 5.56 Å². The smallest absolute Gasteiger partial charge is 0.227 e. The zero-order valence-electron chi connectivity index (χ0n) is 13.2. The van der Waals surface area contributed by atoms with Gasteiger partial charge in [0.15, 0.2) is 0 Å². The molecule has 0 fully saturated rings. The summed E-state index contributed by atoms with van der Waals surface area (Å²) in [6, 6.07) is 14.5. The lowest BCUT2D eigenvalue weighted by Gasteiger charge is -2.11. The summed E-state index contributed by atoms with van der Waals surface area (Å²) < 4.78 is 5.49. The number of methoxy groups -OCH3 is 1. The Morgan fingerprint density at radius 1 is 1.22 bits per heavy atom. The maximum atomic E-state index is 10.3. The van der Waals surface area contributed by atoms with Crippen LogP contribution in [0.1, 0.15) is 29.2 Å². The summed E-state index contributed by atoms with van der Waals surface area (Å²) in [5.74, 6) is 0.739. The van der Waals surface area contributed by atoms with Gasteiger partial charge in [-0.2, -0.15) is 5.10 Å². The van der Waals surface area contributed by atoms with Crippen molar-refractivity contribution < 1.29 is 9.53 Å². The number of ether oxygens (including phenoxy) is 1. The van der Waals surface area contributed by atoms with Crippen molar-refractivity contribution >= 4 is 18.2 Å². The summed E-state index contributed by atoms with van der Waals surface area (Å²) in [5, 5.41) is 3.85. The summed E-state index contributed by atoms with van der Waals surface area (Å²) in [4.78, 5) is 10.3. The second-order valence-electron chi connectivity index (χ2n) is 5.45. The third-order valence-electron chi connectivity index (χ3n) is 4.00. The first kappa shape index (κ1) is 15.0. The molecule has 3 rings (SSSR count). The lowest BCUT2D eigenvalue weighted by Crippen LogP contribution is -2.02. The van der Waals surface area contributed by atoms with Gasteiger partial charge in [-0.15, -0.1) is 0 Å². The third kappa shape index (κ3) is 2.88. The maximum Gasteiger partial charge on any atom is 0.227 e. The number of nitrogens with zero attached hydrogens (tertiary/aromatic N) is 1. The Labute approximate surface area is 135 Å². The van der Waals surface area contributed by atoms with Crippen molar-refractivity contribution in [1.29, 1.82) is 0 Å². The van der Waals surface area contributed by atoms with E-state index in [0.29, 0.717) is 6.41 Å². The van der Waals surface area contributed by atoms with Crippen LogP contribution in [0.2, 0.25) is 0 Å². The number of carbonyl (C=O) groups is 1. The number of benzene rings is 2. The fraction of sp³-hybridized carbons (Fsp3) is 0.158. The van der Waals surface area contributed by atoms with Crippen molar-refractivity contribution in [2.24, 2.45) is 5.10 Å². The Bertz CT molecular complexity index is 793. The van der Waals surface area contributed by atoms with Crippen molar-refractivity contribution in [2.75, 3.05) is 7.11 Å². The molecule has 2 aromatic carbocycles. The van der Waals surface area contributed by atoms with Crippen LogP contribution in [0.3, 0.4) is 0 Å². The van der Waals surface area contributed by atoms with Crippen LogP contribution in [-0.4, -0.2) is 19.7 Å². The zero-order valence-corrected chi connectivity index (χ0v) is 13.2. The third-order valence-corrected chi connectivity index (χ3v) is 4.00. The van der Waals surface area contributed by atoms with E-state index >= 15 is 0 Å². The van der Waals surface area contributed by atoms with Crippen LogP contribution in [0, 0.1) is 0 Å². The number of rotatable bonds is 5. The van der Waals surface area contributed by atoms with Crippen LogP contribution in [0.4, 0.5) is 0 Å². The molecule has 0 spiro atoms. The second-order valence-corrected chi connectivity index (χ2v) is 5.45. The average molecular weight is 306 g/mol. The molecule has 1 amide bonds. The minimum absolute atomic E-state index is 0.537. The van der Waals surface area contributed by atoms with Crippen LogP contribution in [0.25, 0.3) is 5.57 Å². The SMILES string of the molecule is COc1cc2c(cc1/C=N/NC=O)CC(C)=C2c1ccccc1. The zero-order chi connectivity index (χ0) is 16.2. The van der Waals surface area contributed by atoms with Crippen molar-refractivity contribution in [3.63, 3.8) is 0 Å². The molecule has 0 aromatic heterocycles. The van der Waals surface area contributed by atoms with Gasteiger partial charge in [0.05, 0.1) is 13.3 Å². The van der Waals surface area contributed by atoms with Crippen molar-refractivity contribution in [1.82, 2.24) is 5.43 Å². The predicted octanol–water partition coefficient (Wildman–Crippen LogP) is 3.15. The highest BCUT2D eigenvalue weighted by Crippen LogP contribution is 2.40. The molecule has 1 aliphatic rings. The molecule has 0 atom stereocenters. The molecule has 116 valence electrons. The number of hydrogen-bond donors (Lipinski definition) is 1. The highest BCUT2D eigenvalue weighted by molar-refractivity contribution is 5.91. The van der Waals surface area contributed by atoms with Crippen LogP contribution in [0.15, 0.2) is 53.1 Å². The summed E-state index contributed by atoms with van der Waals surface area (Å²) >= 11 is 0. The Balaban J connectivity index is 2.06. The van der Waals surface area contributed by atoms with E-state index in [2.05, 4.69) is 53.8 Å². The second kappa shape index (κ2) is 6.48. The number of amides is 1. The molecule has 0 aliphatic heterocycles. The highest BCUT2D eigenvalue weighted by Gasteiger charge is 2.22. The Kier molecular flexibility index (Phi) is 4.24. The Morgan fingerprint density at radius 2 is 2.00 bits per heavy atom. The fourth-order valence-electron chi connectivity index (χ4n) is 3.05. The number of hydrazone groups is 1. The molecule has 2 aromatic rings. The molecule has 0 saturated carbocycles. The van der Waals surface area contributed by atoms with E-state index in [-0.39, 0.29) is 0 Å². The highest BCUT2D eigenvalue weighted by atomic mass is 16.5. The lowest BCUT2D eigenvalue weighted by atomic mass is 9.96. The number of nitrogens with one attached hydrogen (secondary N) is 1. The summed E-state index contributed by atoms with van der Waals surface area (Å²) in [5.41, 5.74) is 9.41. The van der Waals surface area contributed by atoms with Crippen molar-refractivity contribution in [3.05, 3.63) is 70.3 Å². The van der Waals surface area contributed by atoms with E-state index in [1.807, 2.05) is 6.07 Å². The molecule has 4 nitrogen and oxygen atoms in total. The molecule has 1 N–H and O–H groups in total. The summed E-state index contributed by atoms with van der Waals surface area (Å²) in [6.07, 6.45) is 3.05. The molecular weight excluding hydrogens is 288 g/mol. The first-order valence-electron chi connectivity index (χ1n) is 7.43. The van der Waals surface area contributed by atoms with Gasteiger partial charge in [-0.25, -0.2) is 5.43 Å². The van der Waals surface area contributed by atoms with Gasteiger partial charge in [-0.3, -0.25) is 4.79 Å². The first-order valence-corrected chi connectivity index (χ1v) is 7.43. The minimum Gasteiger partial charge on any atom is -0.496 e. The van der Waals surface area contributed by atoms with Crippen molar-refractivity contribution in [2.45, 2.75) is 13.3 Å². The van der Waals surface area contributed by atoms with E-state index in [9.17, 15) is 4.79 Å². The number of carbonyl (C=O) groups excluding carboxylic acids is 1. The largest absolute Gasteiger partial charge is 0.496 e. The van der Waals surface area contributed by atoms with E-state index in [1.165, 1.54) is 27.8 Å². The molecule has 1 aliphatic carbocycles. The normalized spacial score (nSPS) is 13.3. The van der Waals surface area contributed by atoms with E-state index in [0.717, 1.165) is 17.7 Å². The van der Waals surface area contributed by atoms with Crippen LogP contribution in [-0.2, 0) is 11.2 Å². The number of hydrogen-bond acceptors (Lipinski definition) is 3. The van der Waals surface area contributed by atoms with Crippen molar-refractivity contribution in [3.8, 4) is 5.75 Å². The lowest BCUT2D eigenvalue weighted by molar-refractivity contribution is -0.109. The molecule has 0 unspecified atom stereocenters. The van der Waals surface area contributed by atoms with Gasteiger partial charge in [0.2, 0.25) is 6.41 Å². The summed E-state index contributed by atoms with van der Waals surface area (Å²) in [6.45, 7) is 2.16. The first-order chi connectivity index (χ1) is 11.2. The van der Waals surface area contributed by atoms with Crippen LogP contribution >= 0.6 is 0 Å². The van der Waals surface area contributed by atoms with E-state index < -0.39 is 0 Å². The van der Waals surface area contributed by atoms with Gasteiger partial charge in [-0.1, -0.05) is 35.9 Å². The summed E-state index contributed by atoms with van der Waals surface area (Å²) in [7, 11) is 1.64. The molecule has 0 saturated heterocycles. The van der Waals surface area contributed by atoms with Gasteiger partial charge in [0.1, 0.15) is 5.75 Å². The van der Waals surface area contributed by atoms with Crippen LogP contribution in [0.5, 0.6) is 5.75 Å². The van der Waals surface area contributed by atoms with E-state index in [4.69, 9.17) is 4.74 Å². The quantitative estimate of drug-likeness (QED) is 0.524. The molecule has 0 heterocycles. The van der Waals surface area contributed by atoms with Gasteiger partial charge in [0.25, 0.3) is 0 Å². The molecule has 0 bridgehead atoms. The van der Waals surface area contributed by atoms with Gasteiger partial charge in [-0.05, 0) is 47.7 Å². The predicted molar refractivity (Wildman–Crippen MR) is 91.6 cm³/mol. The van der Waals surface area contributed by atoms with Crippen LogP contribution < -0.4 is 10.2 Å². The molecule has 23 heavy (non-hydrogen) atoms. The number of allylic oxidation sites excluding steroid dienone is 1. The Morgan fingerprint density at radius 3 is 2.70 bits per heavy atom. The maximum absolute atomic E-state index is 10.3. The standard InChI is InChI=1S/C19H18N2O2/c1-13-8-15-9-16(11-20-21-12-22)18(23-2)10-17(15)19(13)14-6-4-3-5-7-14/h3-7,9-12H,8H2,1-2H3,(H,21,22)/b20-11+. The molecular formula is C19H18N2O2. The van der Waals surface area contributed by atoms with Gasteiger partial charge >= 0.3 is 0 Å². The van der Waals surface area contributed by atoms with E-state index in [1.54, 1.807) is 13.3 Å². The average Bonchev–Trinajstić information content (AvgIpc) is 2.89. The Hall–Kier alpha value is -2.88. The fourth-order valence-corrected chi connectivity index (χ4v) is 3.05.